The number of aromatic nitrogens is 1. The fraction of sp³-hybridized carbons (Fsp3) is 0.233. The fourth-order valence-electron chi connectivity index (χ4n) is 4.84. The van der Waals surface area contributed by atoms with Gasteiger partial charge >= 0.3 is 5.97 Å². The Labute approximate surface area is 228 Å². The number of allylic oxidation sites excluding steroid dienone is 1. The lowest BCUT2D eigenvalue weighted by Gasteiger charge is -2.26. The molecule has 1 N–H and O–H groups in total. The minimum Gasteiger partial charge on any atom is -0.504 e. The number of benzene rings is 3. The summed E-state index contributed by atoms with van der Waals surface area (Å²) in [4.78, 5) is 32.4. The van der Waals surface area contributed by atoms with Gasteiger partial charge in [0.2, 0.25) is 0 Å². The molecule has 0 amide bonds. The van der Waals surface area contributed by atoms with Crippen LogP contribution in [0.4, 0.5) is 0 Å². The number of aromatic hydroxyl groups is 1. The molecule has 0 saturated carbocycles. The molecule has 1 atom stereocenters. The van der Waals surface area contributed by atoms with Crippen molar-refractivity contribution in [3.8, 4) is 17.2 Å². The van der Waals surface area contributed by atoms with E-state index < -0.39 is 12.0 Å². The van der Waals surface area contributed by atoms with Crippen LogP contribution in [0.3, 0.4) is 0 Å². The molecule has 1 aliphatic rings. The Morgan fingerprint density at radius 2 is 1.85 bits per heavy atom. The molecule has 39 heavy (non-hydrogen) atoms. The van der Waals surface area contributed by atoms with Crippen LogP contribution in [0.25, 0.3) is 16.8 Å². The largest absolute Gasteiger partial charge is 0.504 e. The van der Waals surface area contributed by atoms with Crippen molar-refractivity contribution >= 4 is 34.2 Å². The van der Waals surface area contributed by atoms with Gasteiger partial charge < -0.3 is 19.3 Å². The van der Waals surface area contributed by atoms with Gasteiger partial charge in [0.15, 0.2) is 16.3 Å². The summed E-state index contributed by atoms with van der Waals surface area (Å²) in [5, 5.41) is 11.8. The molecule has 0 saturated heterocycles. The molecular formula is C30H28N2O6S. The van der Waals surface area contributed by atoms with Crippen LogP contribution >= 0.6 is 11.3 Å². The third-order valence-electron chi connectivity index (χ3n) is 6.53. The fourth-order valence-corrected chi connectivity index (χ4v) is 5.89. The van der Waals surface area contributed by atoms with Gasteiger partial charge in [0, 0.05) is 5.39 Å². The number of ether oxygens (including phenoxy) is 3. The minimum atomic E-state index is -0.753. The van der Waals surface area contributed by atoms with Gasteiger partial charge in [-0.15, -0.1) is 0 Å². The average molecular weight is 545 g/mol. The Bertz CT molecular complexity index is 1800. The molecule has 1 aliphatic heterocycles. The van der Waals surface area contributed by atoms with Crippen LogP contribution < -0.4 is 24.4 Å². The van der Waals surface area contributed by atoms with E-state index >= 15 is 0 Å². The number of rotatable bonds is 7. The molecule has 5 rings (SSSR count). The Morgan fingerprint density at radius 3 is 2.56 bits per heavy atom. The summed E-state index contributed by atoms with van der Waals surface area (Å²) in [5.74, 6) is 0.536. The van der Waals surface area contributed by atoms with Gasteiger partial charge in [0.1, 0.15) is 5.75 Å². The van der Waals surface area contributed by atoms with E-state index in [9.17, 15) is 14.7 Å². The Kier molecular flexibility index (Phi) is 7.26. The zero-order valence-electron chi connectivity index (χ0n) is 22.1. The normalized spacial score (nSPS) is 15.2. The van der Waals surface area contributed by atoms with Crippen LogP contribution in [0, 0.1) is 0 Å². The van der Waals surface area contributed by atoms with Crippen molar-refractivity contribution < 1.29 is 24.1 Å². The van der Waals surface area contributed by atoms with E-state index in [2.05, 4.69) is 4.99 Å². The maximum absolute atomic E-state index is 14.0. The third kappa shape index (κ3) is 4.70. The smallest absolute Gasteiger partial charge is 0.338 e. The Hall–Kier alpha value is -4.37. The molecule has 1 aromatic heterocycles. The van der Waals surface area contributed by atoms with Crippen molar-refractivity contribution in [2.75, 3.05) is 20.3 Å². The Balaban J connectivity index is 1.77. The predicted octanol–water partition coefficient (Wildman–Crippen LogP) is 4.06. The highest BCUT2D eigenvalue weighted by atomic mass is 32.1. The van der Waals surface area contributed by atoms with Crippen molar-refractivity contribution in [3.05, 3.63) is 96.7 Å². The number of carbonyl (C=O) groups is 1. The van der Waals surface area contributed by atoms with Gasteiger partial charge in [0.25, 0.3) is 5.56 Å². The first-order chi connectivity index (χ1) is 18.9. The molecule has 9 heteroatoms. The highest BCUT2D eigenvalue weighted by Crippen LogP contribution is 2.38. The van der Waals surface area contributed by atoms with Gasteiger partial charge in [-0.25, -0.2) is 9.79 Å². The Morgan fingerprint density at radius 1 is 1.08 bits per heavy atom. The second kappa shape index (κ2) is 10.8. The molecular weight excluding hydrogens is 516 g/mol. The summed E-state index contributed by atoms with van der Waals surface area (Å²) >= 11 is 1.24. The number of phenols is 1. The average Bonchev–Trinajstić information content (AvgIpc) is 3.23. The number of nitrogens with zero attached hydrogens (tertiary/aromatic N) is 2. The van der Waals surface area contributed by atoms with E-state index in [1.807, 2.05) is 43.3 Å². The highest BCUT2D eigenvalue weighted by Gasteiger charge is 2.34. The van der Waals surface area contributed by atoms with Crippen molar-refractivity contribution in [2.45, 2.75) is 26.8 Å². The van der Waals surface area contributed by atoms with Crippen LogP contribution in [-0.4, -0.2) is 36.0 Å². The van der Waals surface area contributed by atoms with Crippen LogP contribution in [0.2, 0.25) is 0 Å². The number of phenolic OH excluding ortho intramolecular Hbond substituents is 1. The van der Waals surface area contributed by atoms with E-state index in [4.69, 9.17) is 14.2 Å². The number of fused-ring (bicyclic) bond motifs is 2. The van der Waals surface area contributed by atoms with Crippen LogP contribution in [0.5, 0.6) is 17.2 Å². The number of methoxy groups -OCH3 is 1. The zero-order valence-corrected chi connectivity index (χ0v) is 22.9. The first kappa shape index (κ1) is 26.2. The molecule has 0 fully saturated rings. The highest BCUT2D eigenvalue weighted by molar-refractivity contribution is 7.07. The van der Waals surface area contributed by atoms with E-state index in [1.165, 1.54) is 17.4 Å². The van der Waals surface area contributed by atoms with Gasteiger partial charge in [-0.1, -0.05) is 47.7 Å². The standard InChI is InChI=1S/C30H28N2O6S/c1-5-37-24-15-18(11-13-22(24)33)16-25-28(34)32-27(26(29(35)38-6-2)17(3)31-30(32)39-25)21-12-14-23(36-4)20-10-8-7-9-19(20)21/h7-16,27,33H,5-6H2,1-4H3/b25-16-/t27-/m1/s1. The summed E-state index contributed by atoms with van der Waals surface area (Å²) in [5.41, 5.74) is 1.97. The van der Waals surface area contributed by atoms with E-state index in [1.54, 1.807) is 43.7 Å². The summed E-state index contributed by atoms with van der Waals surface area (Å²) in [6, 6.07) is 15.6. The van der Waals surface area contributed by atoms with Gasteiger partial charge in [-0.05, 0) is 61.6 Å². The number of carbonyl (C=O) groups excluding carboxylic acids is 1. The van der Waals surface area contributed by atoms with Crippen molar-refractivity contribution in [1.82, 2.24) is 4.57 Å². The van der Waals surface area contributed by atoms with Crippen molar-refractivity contribution in [2.24, 2.45) is 4.99 Å². The predicted molar refractivity (Wildman–Crippen MR) is 150 cm³/mol. The maximum atomic E-state index is 14.0. The molecule has 0 aliphatic carbocycles. The second-order valence-corrected chi connectivity index (χ2v) is 9.87. The monoisotopic (exact) mass is 544 g/mol. The minimum absolute atomic E-state index is 0.0246. The topological polar surface area (TPSA) is 99.4 Å². The second-order valence-electron chi connectivity index (χ2n) is 8.87. The quantitative estimate of drug-likeness (QED) is 0.352. The summed E-state index contributed by atoms with van der Waals surface area (Å²) in [6.07, 6.45) is 1.73. The van der Waals surface area contributed by atoms with Gasteiger partial charge in [-0.3, -0.25) is 9.36 Å². The maximum Gasteiger partial charge on any atom is 0.338 e. The lowest BCUT2D eigenvalue weighted by molar-refractivity contribution is -0.139. The molecule has 8 nitrogen and oxygen atoms in total. The van der Waals surface area contributed by atoms with E-state index in [0.717, 1.165) is 16.3 Å². The lowest BCUT2D eigenvalue weighted by atomic mass is 9.91. The number of thiazole rings is 1. The lowest BCUT2D eigenvalue weighted by Crippen LogP contribution is -2.40. The van der Waals surface area contributed by atoms with Crippen LogP contribution in [0.1, 0.15) is 37.9 Å². The molecule has 3 aromatic carbocycles. The van der Waals surface area contributed by atoms with Crippen molar-refractivity contribution in [3.63, 3.8) is 0 Å². The summed E-state index contributed by atoms with van der Waals surface area (Å²) in [6.45, 7) is 5.92. The zero-order chi connectivity index (χ0) is 27.7. The molecule has 0 radical (unpaired) electrons. The first-order valence-electron chi connectivity index (χ1n) is 12.6. The van der Waals surface area contributed by atoms with Crippen molar-refractivity contribution in [1.29, 1.82) is 0 Å². The molecule has 2 heterocycles. The SMILES string of the molecule is CCOC(=O)C1=C(C)N=c2s/c(=C\c3ccc(O)c(OCC)c3)c(=O)n2[C@@H]1c1ccc(OC)c2ccccc12. The molecule has 0 bridgehead atoms. The first-order valence-corrected chi connectivity index (χ1v) is 13.4. The molecule has 0 spiro atoms. The molecule has 4 aromatic rings. The van der Waals surface area contributed by atoms with Crippen LogP contribution in [-0.2, 0) is 9.53 Å². The number of hydrogen-bond acceptors (Lipinski definition) is 8. The van der Waals surface area contributed by atoms with Gasteiger partial charge in [-0.2, -0.15) is 0 Å². The summed E-state index contributed by atoms with van der Waals surface area (Å²) < 4.78 is 18.5. The molecule has 200 valence electrons. The van der Waals surface area contributed by atoms with E-state index in [0.29, 0.717) is 44.3 Å². The van der Waals surface area contributed by atoms with Gasteiger partial charge in [0.05, 0.1) is 42.2 Å². The number of hydrogen-bond donors (Lipinski definition) is 1. The summed E-state index contributed by atoms with van der Waals surface area (Å²) in [7, 11) is 1.61. The molecule has 0 unspecified atom stereocenters. The number of esters is 1. The van der Waals surface area contributed by atoms with Crippen LogP contribution in [0.15, 0.2) is 75.7 Å². The third-order valence-corrected chi connectivity index (χ3v) is 7.51. The van der Waals surface area contributed by atoms with E-state index in [-0.39, 0.29) is 17.9 Å².